The van der Waals surface area contributed by atoms with Gasteiger partial charge < -0.3 is 10.8 Å². The van der Waals surface area contributed by atoms with Gasteiger partial charge in [-0.3, -0.25) is 9.35 Å². The van der Waals surface area contributed by atoms with E-state index < -0.39 is 20.9 Å². The van der Waals surface area contributed by atoms with Crippen molar-refractivity contribution in [2.75, 3.05) is 5.73 Å². The highest BCUT2D eigenvalue weighted by molar-refractivity contribution is 7.85. The van der Waals surface area contributed by atoms with E-state index >= 15 is 0 Å². The van der Waals surface area contributed by atoms with Crippen molar-refractivity contribution < 1.29 is 22.9 Å². The van der Waals surface area contributed by atoms with Crippen LogP contribution in [0.3, 0.4) is 0 Å². The molecule has 2 aromatic rings. The van der Waals surface area contributed by atoms with Gasteiger partial charge in [-0.2, -0.15) is 8.42 Å². The molecule has 128 valence electrons. The third-order valence-corrected chi connectivity index (χ3v) is 4.54. The molecule has 0 atom stereocenters. The van der Waals surface area contributed by atoms with Gasteiger partial charge in [-0.25, -0.2) is 4.99 Å². The van der Waals surface area contributed by atoms with Gasteiger partial charge in [0.15, 0.2) is 0 Å². The third-order valence-electron chi connectivity index (χ3n) is 3.71. The van der Waals surface area contributed by atoms with Gasteiger partial charge in [-0.05, 0) is 42.0 Å². The number of aromatic hydroxyl groups is 1. The molecule has 1 aliphatic carbocycles. The van der Waals surface area contributed by atoms with Crippen LogP contribution in [0.4, 0.5) is 5.69 Å². The highest BCUT2D eigenvalue weighted by Crippen LogP contribution is 2.30. The summed E-state index contributed by atoms with van der Waals surface area (Å²) < 4.78 is 31.7. The first-order chi connectivity index (χ1) is 11.7. The number of hydrogen-bond donors (Lipinski definition) is 3. The van der Waals surface area contributed by atoms with Crippen molar-refractivity contribution >= 4 is 33.5 Å². The minimum atomic E-state index is -4.45. The number of anilines is 1. The molecule has 0 heterocycles. The Morgan fingerprint density at radius 3 is 2.60 bits per heavy atom. The van der Waals surface area contributed by atoms with E-state index in [2.05, 4.69) is 4.99 Å². The first-order valence-corrected chi connectivity index (χ1v) is 8.67. The number of amides is 1. The first kappa shape index (κ1) is 16.9. The van der Waals surface area contributed by atoms with Crippen molar-refractivity contribution in [3.63, 3.8) is 0 Å². The van der Waals surface area contributed by atoms with Crippen LogP contribution in [0.5, 0.6) is 5.75 Å². The van der Waals surface area contributed by atoms with Crippen LogP contribution in [0, 0.1) is 0 Å². The van der Waals surface area contributed by atoms with Gasteiger partial charge in [-0.1, -0.05) is 6.07 Å². The third kappa shape index (κ3) is 3.59. The molecule has 1 amide bonds. The Balaban J connectivity index is 1.95. The summed E-state index contributed by atoms with van der Waals surface area (Å²) in [5.41, 5.74) is 7.67. The number of nitrogens with zero attached hydrogens (tertiary/aromatic N) is 1. The van der Waals surface area contributed by atoms with Crippen LogP contribution >= 0.6 is 0 Å². The molecule has 25 heavy (non-hydrogen) atoms. The summed E-state index contributed by atoms with van der Waals surface area (Å²) in [6.45, 7) is 0. The molecule has 0 saturated carbocycles. The Morgan fingerprint density at radius 1 is 1.16 bits per heavy atom. The van der Waals surface area contributed by atoms with E-state index in [0.29, 0.717) is 28.1 Å². The van der Waals surface area contributed by atoms with E-state index in [9.17, 15) is 18.3 Å². The Morgan fingerprint density at radius 2 is 1.92 bits per heavy atom. The SMILES string of the molecule is Nc1cccc(C(=O)N=C2C=Cc3c(O)cc(S(=O)(=O)O)cc3C2)c1. The van der Waals surface area contributed by atoms with Crippen LogP contribution in [-0.2, 0) is 16.5 Å². The fraction of sp³-hybridized carbons (Fsp3) is 0.0588. The predicted octanol–water partition coefficient (Wildman–Crippen LogP) is 2.07. The molecule has 0 bridgehead atoms. The Bertz CT molecular complexity index is 1040. The van der Waals surface area contributed by atoms with E-state index in [0.717, 1.165) is 6.07 Å². The lowest BCUT2D eigenvalue weighted by Gasteiger charge is -2.14. The molecule has 3 rings (SSSR count). The molecule has 1 aliphatic rings. The monoisotopic (exact) mass is 358 g/mol. The van der Waals surface area contributed by atoms with Crippen LogP contribution < -0.4 is 5.73 Å². The summed E-state index contributed by atoms with van der Waals surface area (Å²) >= 11 is 0. The molecular formula is C17H14N2O5S. The molecule has 0 radical (unpaired) electrons. The molecule has 0 spiro atoms. The summed E-state index contributed by atoms with van der Waals surface area (Å²) in [7, 11) is -4.45. The van der Waals surface area contributed by atoms with E-state index in [4.69, 9.17) is 10.3 Å². The summed E-state index contributed by atoms with van der Waals surface area (Å²) in [6.07, 6.45) is 3.24. The van der Waals surface area contributed by atoms with Gasteiger partial charge in [0.05, 0.1) is 4.90 Å². The molecule has 8 heteroatoms. The van der Waals surface area contributed by atoms with Gasteiger partial charge >= 0.3 is 0 Å². The van der Waals surface area contributed by atoms with Crippen molar-refractivity contribution in [3.8, 4) is 5.75 Å². The van der Waals surface area contributed by atoms with Crippen LogP contribution in [0.2, 0.25) is 0 Å². The van der Waals surface area contributed by atoms with Gasteiger partial charge in [0, 0.05) is 35.0 Å². The zero-order valence-corrected chi connectivity index (χ0v) is 13.7. The fourth-order valence-electron chi connectivity index (χ4n) is 2.53. The lowest BCUT2D eigenvalue weighted by Crippen LogP contribution is -2.11. The standard InChI is InChI=1S/C17H14N2O5S/c18-12-3-1-2-10(6-12)17(21)19-13-4-5-15-11(7-13)8-14(9-16(15)20)25(22,23)24/h1-6,8-9,20H,7,18H2,(H,22,23,24). The summed E-state index contributed by atoms with van der Waals surface area (Å²) in [6, 6.07) is 8.61. The molecule has 0 saturated heterocycles. The minimum absolute atomic E-state index is 0.136. The number of nitrogen functional groups attached to an aromatic ring is 1. The van der Waals surface area contributed by atoms with Crippen LogP contribution in [0.25, 0.3) is 6.08 Å². The minimum Gasteiger partial charge on any atom is -0.507 e. The lowest BCUT2D eigenvalue weighted by atomic mass is 9.95. The normalized spacial score (nSPS) is 15.2. The molecule has 7 nitrogen and oxygen atoms in total. The zero-order chi connectivity index (χ0) is 18.2. The van der Waals surface area contributed by atoms with E-state index in [-0.39, 0.29) is 12.2 Å². The van der Waals surface area contributed by atoms with Crippen LogP contribution in [-0.4, -0.2) is 29.7 Å². The number of aliphatic imine (C=N–C) groups is 1. The highest BCUT2D eigenvalue weighted by Gasteiger charge is 2.19. The second kappa shape index (κ2) is 6.15. The molecule has 2 aromatic carbocycles. The molecule has 0 aliphatic heterocycles. The zero-order valence-electron chi connectivity index (χ0n) is 12.9. The fourth-order valence-corrected chi connectivity index (χ4v) is 3.08. The quantitative estimate of drug-likeness (QED) is 0.556. The molecule has 0 fully saturated rings. The number of allylic oxidation sites excluding steroid dienone is 1. The van der Waals surface area contributed by atoms with Crippen molar-refractivity contribution in [2.45, 2.75) is 11.3 Å². The molecule has 4 N–H and O–H groups in total. The van der Waals surface area contributed by atoms with Crippen LogP contribution in [0.15, 0.2) is 52.4 Å². The predicted molar refractivity (Wildman–Crippen MR) is 93.3 cm³/mol. The topological polar surface area (TPSA) is 130 Å². The molecular weight excluding hydrogens is 344 g/mol. The number of fused-ring (bicyclic) bond motifs is 1. The summed E-state index contributed by atoms with van der Waals surface area (Å²) in [5.74, 6) is -0.756. The number of phenolic OH excluding ortho intramolecular Hbond substituents is 1. The second-order valence-corrected chi connectivity index (χ2v) is 6.96. The number of carbonyl (C=O) groups is 1. The number of benzene rings is 2. The van der Waals surface area contributed by atoms with Crippen molar-refractivity contribution in [1.82, 2.24) is 0 Å². The smallest absolute Gasteiger partial charge is 0.294 e. The maximum absolute atomic E-state index is 12.2. The highest BCUT2D eigenvalue weighted by atomic mass is 32.2. The second-order valence-electron chi connectivity index (χ2n) is 5.53. The Kier molecular flexibility index (Phi) is 4.15. The van der Waals surface area contributed by atoms with Crippen LogP contribution in [0.1, 0.15) is 21.5 Å². The number of nitrogens with two attached hydrogens (primary N) is 1. The molecule has 0 aromatic heterocycles. The lowest BCUT2D eigenvalue weighted by molar-refractivity contribution is 0.100. The average Bonchev–Trinajstić information content (AvgIpc) is 2.53. The number of carbonyl (C=O) groups excluding carboxylic acids is 1. The maximum atomic E-state index is 12.2. The van der Waals surface area contributed by atoms with E-state index in [1.54, 1.807) is 24.3 Å². The van der Waals surface area contributed by atoms with Crippen molar-refractivity contribution in [3.05, 3.63) is 59.2 Å². The van der Waals surface area contributed by atoms with E-state index in [1.807, 2.05) is 0 Å². The number of phenols is 1. The first-order valence-electron chi connectivity index (χ1n) is 7.23. The Hall–Kier alpha value is -2.97. The van der Waals surface area contributed by atoms with Crippen molar-refractivity contribution in [1.29, 1.82) is 0 Å². The molecule has 0 unspecified atom stereocenters. The maximum Gasteiger partial charge on any atom is 0.294 e. The largest absolute Gasteiger partial charge is 0.507 e. The summed E-state index contributed by atoms with van der Waals surface area (Å²) in [4.78, 5) is 15.8. The number of rotatable bonds is 2. The van der Waals surface area contributed by atoms with Gasteiger partial charge in [-0.15, -0.1) is 0 Å². The van der Waals surface area contributed by atoms with Gasteiger partial charge in [0.2, 0.25) is 0 Å². The van der Waals surface area contributed by atoms with Gasteiger partial charge in [0.25, 0.3) is 16.0 Å². The van der Waals surface area contributed by atoms with E-state index in [1.165, 1.54) is 18.2 Å². The van der Waals surface area contributed by atoms with Gasteiger partial charge in [0.1, 0.15) is 5.75 Å². The summed E-state index contributed by atoms with van der Waals surface area (Å²) in [5, 5.41) is 9.93. The number of hydrogen-bond acceptors (Lipinski definition) is 5. The van der Waals surface area contributed by atoms with Crippen molar-refractivity contribution in [2.24, 2.45) is 4.99 Å². The average molecular weight is 358 g/mol. The Labute approximate surface area is 143 Å².